The molecule has 11 heteroatoms. The Hall–Kier alpha value is -3.08. The largest absolute Gasteiger partial charge is 0.451 e. The third kappa shape index (κ3) is 5.09. The summed E-state index contributed by atoms with van der Waals surface area (Å²) in [5.74, 6) is -0.835. The molecule has 1 aliphatic heterocycles. The van der Waals surface area contributed by atoms with Crippen molar-refractivity contribution in [2.75, 3.05) is 24.7 Å². The molecule has 0 unspecified atom stereocenters. The van der Waals surface area contributed by atoms with Crippen molar-refractivity contribution in [1.82, 2.24) is 25.1 Å². The van der Waals surface area contributed by atoms with Crippen molar-refractivity contribution >= 4 is 33.5 Å². The van der Waals surface area contributed by atoms with Gasteiger partial charge in [0.25, 0.3) is 5.91 Å². The first kappa shape index (κ1) is 21.6. The molecule has 10 nitrogen and oxygen atoms in total. The van der Waals surface area contributed by atoms with Crippen LogP contribution >= 0.6 is 0 Å². The average molecular weight is 433 g/mol. The molecule has 0 aliphatic carbocycles. The fourth-order valence-electron chi connectivity index (χ4n) is 3.31. The fourth-order valence-corrected chi connectivity index (χ4v) is 5.04. The lowest BCUT2D eigenvalue weighted by molar-refractivity contribution is -0.148. The van der Waals surface area contributed by atoms with Crippen LogP contribution in [-0.4, -0.2) is 76.1 Å². The summed E-state index contributed by atoms with van der Waals surface area (Å²) in [5, 5.41) is 11.2. The van der Waals surface area contributed by atoms with Gasteiger partial charge in [0.15, 0.2) is 28.0 Å². The normalized spacial score (nSPS) is 18.2. The number of hydrogen-bond donors (Lipinski definition) is 0. The zero-order valence-corrected chi connectivity index (χ0v) is 17.6. The van der Waals surface area contributed by atoms with Crippen LogP contribution < -0.4 is 0 Å². The summed E-state index contributed by atoms with van der Waals surface area (Å²) in [5.41, 5.74) is 0.792. The Morgan fingerprint density at radius 1 is 1.30 bits per heavy atom. The summed E-state index contributed by atoms with van der Waals surface area (Å²) in [6.45, 7) is 3.22. The van der Waals surface area contributed by atoms with E-state index in [2.05, 4.69) is 15.5 Å². The first-order valence-corrected chi connectivity index (χ1v) is 11.3. The van der Waals surface area contributed by atoms with Gasteiger partial charge in [-0.1, -0.05) is 30.3 Å². The van der Waals surface area contributed by atoms with E-state index >= 15 is 0 Å². The number of aryl methyl sites for hydroxylation is 1. The van der Waals surface area contributed by atoms with Gasteiger partial charge in [-0.15, -0.1) is 5.10 Å². The second kappa shape index (κ2) is 9.16. The topological polar surface area (TPSA) is 124 Å². The van der Waals surface area contributed by atoms with E-state index < -0.39 is 34.4 Å². The molecule has 2 aromatic rings. The monoisotopic (exact) mass is 433 g/mol. The van der Waals surface area contributed by atoms with Crippen molar-refractivity contribution in [2.24, 2.45) is 0 Å². The highest BCUT2D eigenvalue weighted by molar-refractivity contribution is 7.91. The Labute approximate surface area is 174 Å². The van der Waals surface area contributed by atoms with Gasteiger partial charge in [-0.05, 0) is 42.3 Å². The predicted molar refractivity (Wildman–Crippen MR) is 109 cm³/mol. The number of sulfone groups is 1. The minimum absolute atomic E-state index is 0.0583. The van der Waals surface area contributed by atoms with Gasteiger partial charge in [0.1, 0.15) is 0 Å². The number of esters is 1. The summed E-state index contributed by atoms with van der Waals surface area (Å²) in [6, 6.07) is 8.69. The Balaban J connectivity index is 1.74. The summed E-state index contributed by atoms with van der Waals surface area (Å²) >= 11 is 0. The van der Waals surface area contributed by atoms with E-state index in [0.717, 1.165) is 5.56 Å². The van der Waals surface area contributed by atoms with Gasteiger partial charge in [-0.3, -0.25) is 4.79 Å². The minimum Gasteiger partial charge on any atom is -0.451 e. The summed E-state index contributed by atoms with van der Waals surface area (Å²) in [4.78, 5) is 26.8. The Kier molecular flexibility index (Phi) is 6.60. The van der Waals surface area contributed by atoms with Crippen molar-refractivity contribution in [3.8, 4) is 0 Å². The van der Waals surface area contributed by atoms with E-state index in [-0.39, 0.29) is 17.2 Å². The molecule has 1 aromatic heterocycles. The maximum atomic E-state index is 12.8. The summed E-state index contributed by atoms with van der Waals surface area (Å²) < 4.78 is 29.9. The standard InChI is InChI=1S/C19H23N5O5S/c1-3-23(16-9-10-30(27,28)13-16)18(25)12-29-19(26)17(24-14(2)20-21-22-24)11-15-7-5-4-6-8-15/h4-8,11,16H,3,9-10,12-13H2,1-2H3/b17-11-/t16-/m1/s1. The second-order valence-electron chi connectivity index (χ2n) is 6.89. The first-order valence-electron chi connectivity index (χ1n) is 9.50. The number of benzene rings is 1. The smallest absolute Gasteiger partial charge is 0.357 e. The lowest BCUT2D eigenvalue weighted by Gasteiger charge is -2.26. The van der Waals surface area contributed by atoms with E-state index in [1.807, 2.05) is 18.2 Å². The number of ether oxygens (including phenoxy) is 1. The number of likely N-dealkylation sites (N-methyl/N-ethyl adjacent to an activating group) is 1. The highest BCUT2D eigenvalue weighted by atomic mass is 32.2. The van der Waals surface area contributed by atoms with Crippen LogP contribution in [0.3, 0.4) is 0 Å². The zero-order valence-electron chi connectivity index (χ0n) is 16.8. The van der Waals surface area contributed by atoms with Crippen LogP contribution in [0.2, 0.25) is 0 Å². The molecule has 1 saturated heterocycles. The van der Waals surface area contributed by atoms with Crippen molar-refractivity contribution < 1.29 is 22.7 Å². The molecule has 30 heavy (non-hydrogen) atoms. The average Bonchev–Trinajstić information content (AvgIpc) is 3.30. The Morgan fingerprint density at radius 3 is 2.60 bits per heavy atom. The molecule has 0 bridgehead atoms. The van der Waals surface area contributed by atoms with Crippen molar-refractivity contribution in [3.05, 3.63) is 41.7 Å². The molecule has 1 atom stereocenters. The van der Waals surface area contributed by atoms with Crippen LogP contribution in [0, 0.1) is 6.92 Å². The number of hydrogen-bond acceptors (Lipinski definition) is 8. The number of tetrazole rings is 1. The maximum Gasteiger partial charge on any atom is 0.357 e. The van der Waals surface area contributed by atoms with Crippen LogP contribution in [0.5, 0.6) is 0 Å². The molecule has 1 aromatic carbocycles. The molecule has 1 aliphatic rings. The highest BCUT2D eigenvalue weighted by Crippen LogP contribution is 2.18. The van der Waals surface area contributed by atoms with Crippen LogP contribution in [-0.2, 0) is 24.2 Å². The SMILES string of the molecule is CCN(C(=O)COC(=O)/C(=C/c1ccccc1)n1nnnc1C)[C@@H]1CCS(=O)(=O)C1. The number of amides is 1. The lowest BCUT2D eigenvalue weighted by Crippen LogP contribution is -2.43. The Bertz CT molecular complexity index is 1050. The third-order valence-corrected chi connectivity index (χ3v) is 6.55. The van der Waals surface area contributed by atoms with E-state index in [4.69, 9.17) is 4.74 Å². The summed E-state index contributed by atoms with van der Waals surface area (Å²) in [6.07, 6.45) is 1.95. The van der Waals surface area contributed by atoms with E-state index in [1.54, 1.807) is 32.1 Å². The molecule has 0 radical (unpaired) electrons. The molecular formula is C19H23N5O5S. The van der Waals surface area contributed by atoms with Crippen molar-refractivity contribution in [3.63, 3.8) is 0 Å². The quantitative estimate of drug-likeness (QED) is 0.458. The maximum absolute atomic E-state index is 12.8. The first-order chi connectivity index (χ1) is 14.3. The molecule has 0 saturated carbocycles. The van der Waals surface area contributed by atoms with Gasteiger partial charge in [0.2, 0.25) is 0 Å². The van der Waals surface area contributed by atoms with Gasteiger partial charge in [0, 0.05) is 12.6 Å². The third-order valence-electron chi connectivity index (χ3n) is 4.80. The molecule has 0 N–H and O–H groups in total. The number of nitrogens with zero attached hydrogens (tertiary/aromatic N) is 5. The lowest BCUT2D eigenvalue weighted by atomic mass is 10.2. The van der Waals surface area contributed by atoms with Gasteiger partial charge in [-0.25, -0.2) is 13.2 Å². The van der Waals surface area contributed by atoms with E-state index in [9.17, 15) is 18.0 Å². The fraction of sp³-hybridized carbons (Fsp3) is 0.421. The zero-order chi connectivity index (χ0) is 21.7. The Morgan fingerprint density at radius 2 is 2.03 bits per heavy atom. The number of rotatable bonds is 7. The van der Waals surface area contributed by atoms with Crippen LogP contribution in [0.1, 0.15) is 24.7 Å². The minimum atomic E-state index is -3.13. The van der Waals surface area contributed by atoms with E-state index in [0.29, 0.717) is 18.8 Å². The molecule has 2 heterocycles. The van der Waals surface area contributed by atoms with Gasteiger partial charge in [-0.2, -0.15) is 4.68 Å². The number of aromatic nitrogens is 4. The predicted octanol–water partition coefficient (Wildman–Crippen LogP) is 0.558. The highest BCUT2D eigenvalue weighted by Gasteiger charge is 2.34. The molecule has 0 spiro atoms. The molecular weight excluding hydrogens is 410 g/mol. The molecule has 3 rings (SSSR count). The number of carbonyl (C=O) groups excluding carboxylic acids is 2. The molecule has 1 fully saturated rings. The second-order valence-corrected chi connectivity index (χ2v) is 9.12. The van der Waals surface area contributed by atoms with Gasteiger partial charge >= 0.3 is 5.97 Å². The molecule has 160 valence electrons. The van der Waals surface area contributed by atoms with E-state index in [1.165, 1.54) is 9.58 Å². The van der Waals surface area contributed by atoms with Crippen LogP contribution in [0.25, 0.3) is 11.8 Å². The van der Waals surface area contributed by atoms with Gasteiger partial charge in [0.05, 0.1) is 11.5 Å². The summed E-state index contributed by atoms with van der Waals surface area (Å²) in [7, 11) is -3.13. The number of carbonyl (C=O) groups is 2. The van der Waals surface area contributed by atoms with Crippen LogP contribution in [0.15, 0.2) is 30.3 Å². The van der Waals surface area contributed by atoms with Crippen molar-refractivity contribution in [1.29, 1.82) is 0 Å². The van der Waals surface area contributed by atoms with Gasteiger partial charge < -0.3 is 9.64 Å². The van der Waals surface area contributed by atoms with Crippen molar-refractivity contribution in [2.45, 2.75) is 26.3 Å². The molecule has 1 amide bonds. The van der Waals surface area contributed by atoms with Crippen LogP contribution in [0.4, 0.5) is 0 Å².